The molecule has 1 fully saturated rings. The maximum absolute atomic E-state index is 5.57. The number of rotatable bonds is 4. The first kappa shape index (κ1) is 11.8. The molecule has 0 radical (unpaired) electrons. The average Bonchev–Trinajstić information content (AvgIpc) is 2.60. The van der Waals surface area contributed by atoms with Gasteiger partial charge in [-0.05, 0) is 23.1 Å². The summed E-state index contributed by atoms with van der Waals surface area (Å²) in [6.07, 6.45) is 3.28. The summed E-state index contributed by atoms with van der Waals surface area (Å²) in [5, 5.41) is 0. The van der Waals surface area contributed by atoms with Crippen molar-refractivity contribution in [3.05, 3.63) is 22.8 Å². The summed E-state index contributed by atoms with van der Waals surface area (Å²) in [4.78, 5) is 0. The highest BCUT2D eigenvalue weighted by Gasteiger charge is 2.38. The van der Waals surface area contributed by atoms with Gasteiger partial charge in [0.2, 0.25) is 0 Å². The lowest BCUT2D eigenvalue weighted by atomic mass is 9.74. The van der Waals surface area contributed by atoms with E-state index in [9.17, 15) is 0 Å². The number of ether oxygens (including phenoxy) is 3. The summed E-state index contributed by atoms with van der Waals surface area (Å²) in [5.74, 6) is 0. The third-order valence-corrected chi connectivity index (χ3v) is 3.48. The SMILES string of the molecule is COCC1=C(COC)C[C@]2(C)COCC2=C1. The van der Waals surface area contributed by atoms with Crippen LogP contribution in [0, 0.1) is 5.41 Å². The van der Waals surface area contributed by atoms with Crippen LogP contribution < -0.4 is 0 Å². The van der Waals surface area contributed by atoms with Crippen LogP contribution >= 0.6 is 0 Å². The summed E-state index contributed by atoms with van der Waals surface area (Å²) in [5.41, 5.74) is 4.20. The van der Waals surface area contributed by atoms with Gasteiger partial charge < -0.3 is 14.2 Å². The van der Waals surface area contributed by atoms with Gasteiger partial charge in [0.15, 0.2) is 0 Å². The first-order valence-electron chi connectivity index (χ1n) is 5.67. The zero-order valence-corrected chi connectivity index (χ0v) is 10.3. The monoisotopic (exact) mass is 224 g/mol. The second kappa shape index (κ2) is 4.70. The minimum atomic E-state index is 0.186. The molecule has 1 aliphatic heterocycles. The van der Waals surface area contributed by atoms with Crippen LogP contribution in [0.25, 0.3) is 0 Å². The van der Waals surface area contributed by atoms with E-state index in [0.717, 1.165) is 19.6 Å². The Bertz CT molecular complexity index is 330. The fraction of sp³-hybridized carbons (Fsp3) is 0.692. The topological polar surface area (TPSA) is 27.7 Å². The van der Waals surface area contributed by atoms with Crippen molar-refractivity contribution in [1.29, 1.82) is 0 Å². The van der Waals surface area contributed by atoms with E-state index in [1.165, 1.54) is 16.7 Å². The van der Waals surface area contributed by atoms with Gasteiger partial charge in [-0.25, -0.2) is 0 Å². The second-order valence-corrected chi connectivity index (χ2v) is 4.89. The Morgan fingerprint density at radius 1 is 1.31 bits per heavy atom. The molecular formula is C13H20O3. The van der Waals surface area contributed by atoms with Gasteiger partial charge in [0.1, 0.15) is 0 Å². The molecule has 3 nitrogen and oxygen atoms in total. The van der Waals surface area contributed by atoms with Crippen molar-refractivity contribution >= 4 is 0 Å². The van der Waals surface area contributed by atoms with Crippen molar-refractivity contribution in [1.82, 2.24) is 0 Å². The van der Waals surface area contributed by atoms with Crippen LogP contribution in [-0.2, 0) is 14.2 Å². The van der Waals surface area contributed by atoms with Crippen molar-refractivity contribution in [3.8, 4) is 0 Å². The molecule has 1 aliphatic carbocycles. The lowest BCUT2D eigenvalue weighted by Gasteiger charge is -2.31. The smallest absolute Gasteiger partial charge is 0.0713 e. The van der Waals surface area contributed by atoms with E-state index in [4.69, 9.17) is 14.2 Å². The highest BCUT2D eigenvalue weighted by molar-refractivity contribution is 5.40. The summed E-state index contributed by atoms with van der Waals surface area (Å²) >= 11 is 0. The Morgan fingerprint density at radius 3 is 2.75 bits per heavy atom. The van der Waals surface area contributed by atoms with Gasteiger partial charge in [-0.3, -0.25) is 0 Å². The highest BCUT2D eigenvalue weighted by atomic mass is 16.5. The van der Waals surface area contributed by atoms with Crippen LogP contribution in [0.5, 0.6) is 0 Å². The van der Waals surface area contributed by atoms with Crippen LogP contribution in [-0.4, -0.2) is 40.6 Å². The van der Waals surface area contributed by atoms with Crippen molar-refractivity contribution < 1.29 is 14.2 Å². The molecule has 0 amide bonds. The Hall–Kier alpha value is -0.640. The summed E-state index contributed by atoms with van der Waals surface area (Å²) in [6.45, 7) is 5.22. The molecule has 0 N–H and O–H groups in total. The lowest BCUT2D eigenvalue weighted by Crippen LogP contribution is -2.25. The summed E-state index contributed by atoms with van der Waals surface area (Å²) in [7, 11) is 3.47. The molecule has 16 heavy (non-hydrogen) atoms. The first-order chi connectivity index (χ1) is 7.69. The second-order valence-electron chi connectivity index (χ2n) is 4.89. The van der Waals surface area contributed by atoms with Gasteiger partial charge >= 0.3 is 0 Å². The molecule has 0 aromatic heterocycles. The number of fused-ring (bicyclic) bond motifs is 1. The molecule has 0 aromatic rings. The lowest BCUT2D eigenvalue weighted by molar-refractivity contribution is 0.153. The van der Waals surface area contributed by atoms with Crippen LogP contribution in [0.4, 0.5) is 0 Å². The Kier molecular flexibility index (Phi) is 3.47. The molecule has 1 heterocycles. The Balaban J connectivity index is 2.26. The molecule has 1 saturated heterocycles. The molecule has 0 aromatic carbocycles. The number of hydrogen-bond acceptors (Lipinski definition) is 3. The van der Waals surface area contributed by atoms with Crippen LogP contribution in [0.2, 0.25) is 0 Å². The normalized spacial score (nSPS) is 29.3. The van der Waals surface area contributed by atoms with E-state index < -0.39 is 0 Å². The predicted octanol–water partition coefficient (Wildman–Crippen LogP) is 1.94. The fourth-order valence-corrected chi connectivity index (χ4v) is 2.55. The molecule has 1 atom stereocenters. The zero-order chi connectivity index (χ0) is 11.6. The summed E-state index contributed by atoms with van der Waals surface area (Å²) < 4.78 is 16.1. The largest absolute Gasteiger partial charge is 0.380 e. The average molecular weight is 224 g/mol. The van der Waals surface area contributed by atoms with Crippen LogP contribution in [0.1, 0.15) is 13.3 Å². The van der Waals surface area contributed by atoms with Gasteiger partial charge in [-0.1, -0.05) is 13.0 Å². The zero-order valence-electron chi connectivity index (χ0n) is 10.3. The third kappa shape index (κ3) is 2.08. The van der Waals surface area contributed by atoms with E-state index in [1.54, 1.807) is 14.2 Å². The van der Waals surface area contributed by atoms with Gasteiger partial charge in [-0.2, -0.15) is 0 Å². The van der Waals surface area contributed by atoms with Gasteiger partial charge in [0.05, 0.1) is 26.4 Å². The predicted molar refractivity (Wildman–Crippen MR) is 62.4 cm³/mol. The maximum atomic E-state index is 5.57. The van der Waals surface area contributed by atoms with Crippen molar-refractivity contribution in [2.75, 3.05) is 40.6 Å². The molecule has 0 saturated carbocycles. The molecular weight excluding hydrogens is 204 g/mol. The van der Waals surface area contributed by atoms with Crippen molar-refractivity contribution in [2.24, 2.45) is 5.41 Å². The summed E-state index contributed by atoms with van der Waals surface area (Å²) in [6, 6.07) is 0. The molecule has 0 unspecified atom stereocenters. The van der Waals surface area contributed by atoms with Crippen molar-refractivity contribution in [3.63, 3.8) is 0 Å². The van der Waals surface area contributed by atoms with Gasteiger partial charge in [0, 0.05) is 19.6 Å². The molecule has 3 heteroatoms. The number of hydrogen-bond donors (Lipinski definition) is 0. The van der Waals surface area contributed by atoms with Gasteiger partial charge in [-0.15, -0.1) is 0 Å². The van der Waals surface area contributed by atoms with Crippen LogP contribution in [0.15, 0.2) is 22.8 Å². The fourth-order valence-electron chi connectivity index (χ4n) is 2.55. The Labute approximate surface area is 97.1 Å². The molecule has 2 rings (SSSR count). The quantitative estimate of drug-likeness (QED) is 0.730. The van der Waals surface area contributed by atoms with E-state index in [1.807, 2.05) is 0 Å². The maximum Gasteiger partial charge on any atom is 0.0713 e. The van der Waals surface area contributed by atoms with E-state index >= 15 is 0 Å². The standard InChI is InChI=1S/C13H20O3/c1-13-5-11(7-15-3)10(6-14-2)4-12(13)8-16-9-13/h4H,5-9H2,1-3H3/t13-/m1/s1. The van der Waals surface area contributed by atoms with E-state index in [2.05, 4.69) is 13.0 Å². The molecule has 90 valence electrons. The van der Waals surface area contributed by atoms with Crippen molar-refractivity contribution in [2.45, 2.75) is 13.3 Å². The highest BCUT2D eigenvalue weighted by Crippen LogP contribution is 2.43. The van der Waals surface area contributed by atoms with E-state index in [0.29, 0.717) is 13.2 Å². The third-order valence-electron chi connectivity index (χ3n) is 3.48. The minimum absolute atomic E-state index is 0.186. The Morgan fingerprint density at radius 2 is 2.06 bits per heavy atom. The number of methoxy groups -OCH3 is 2. The molecule has 2 aliphatic rings. The van der Waals surface area contributed by atoms with E-state index in [-0.39, 0.29) is 5.41 Å². The first-order valence-corrected chi connectivity index (χ1v) is 5.67. The molecule has 0 bridgehead atoms. The van der Waals surface area contributed by atoms with Crippen LogP contribution in [0.3, 0.4) is 0 Å². The van der Waals surface area contributed by atoms with Gasteiger partial charge in [0.25, 0.3) is 0 Å². The molecule has 0 spiro atoms. The minimum Gasteiger partial charge on any atom is -0.380 e.